The van der Waals surface area contributed by atoms with Gasteiger partial charge in [-0.25, -0.2) is 4.98 Å². The Morgan fingerprint density at radius 2 is 2.67 bits per heavy atom. The van der Waals surface area contributed by atoms with Gasteiger partial charge in [-0.1, -0.05) is 6.92 Å². The van der Waals surface area contributed by atoms with Gasteiger partial charge in [0.25, 0.3) is 0 Å². The fourth-order valence-electron chi connectivity index (χ4n) is 1.88. The van der Waals surface area contributed by atoms with Gasteiger partial charge in [0.15, 0.2) is 0 Å². The van der Waals surface area contributed by atoms with Crippen LogP contribution < -0.4 is 0 Å². The molecule has 0 bridgehead atoms. The molecule has 2 nitrogen and oxygen atoms in total. The Kier molecular flexibility index (Phi) is 2.42. The van der Waals surface area contributed by atoms with Gasteiger partial charge < -0.3 is 0 Å². The summed E-state index contributed by atoms with van der Waals surface area (Å²) < 4.78 is 0. The Labute approximate surface area is 77.2 Å². The summed E-state index contributed by atoms with van der Waals surface area (Å²) in [6, 6.07) is 0.620. The second-order valence-corrected chi connectivity index (χ2v) is 4.08. The molecule has 0 spiro atoms. The van der Waals surface area contributed by atoms with Crippen molar-refractivity contribution >= 4 is 11.3 Å². The fraction of sp³-hybridized carbons (Fsp3) is 0.667. The maximum absolute atomic E-state index is 4.37. The Morgan fingerprint density at radius 3 is 3.33 bits per heavy atom. The van der Waals surface area contributed by atoms with Crippen LogP contribution in [0.2, 0.25) is 0 Å². The van der Waals surface area contributed by atoms with Crippen molar-refractivity contribution in [3.63, 3.8) is 0 Å². The lowest BCUT2D eigenvalue weighted by Crippen LogP contribution is -2.22. The molecule has 1 fully saturated rings. The lowest BCUT2D eigenvalue weighted by atomic mass is 10.2. The first kappa shape index (κ1) is 8.20. The number of hydrogen-bond donors (Lipinski definition) is 0. The van der Waals surface area contributed by atoms with Crippen LogP contribution in [0.4, 0.5) is 0 Å². The van der Waals surface area contributed by atoms with Gasteiger partial charge in [0.05, 0.1) is 6.04 Å². The molecule has 3 heteroatoms. The third-order valence-corrected chi connectivity index (χ3v) is 3.38. The summed E-state index contributed by atoms with van der Waals surface area (Å²) in [6.07, 6.45) is 4.53. The molecule has 1 aromatic rings. The SMILES string of the molecule is CCN1CCCC1c1nccs1. The fourth-order valence-corrected chi connectivity index (χ4v) is 2.69. The van der Waals surface area contributed by atoms with Gasteiger partial charge in [-0.15, -0.1) is 11.3 Å². The summed E-state index contributed by atoms with van der Waals surface area (Å²) in [5.74, 6) is 0. The number of hydrogen-bond acceptors (Lipinski definition) is 3. The summed E-state index contributed by atoms with van der Waals surface area (Å²) in [6.45, 7) is 4.64. The second kappa shape index (κ2) is 3.54. The molecule has 0 radical (unpaired) electrons. The van der Waals surface area contributed by atoms with E-state index in [0.717, 1.165) is 6.54 Å². The van der Waals surface area contributed by atoms with Crippen LogP contribution in [0.15, 0.2) is 11.6 Å². The first-order valence-electron chi connectivity index (χ1n) is 4.55. The highest BCUT2D eigenvalue weighted by molar-refractivity contribution is 7.09. The highest BCUT2D eigenvalue weighted by Gasteiger charge is 2.25. The molecular formula is C9H14N2S. The number of thiazole rings is 1. The quantitative estimate of drug-likeness (QED) is 0.697. The molecule has 2 rings (SSSR count). The molecule has 0 saturated carbocycles. The van der Waals surface area contributed by atoms with Crippen molar-refractivity contribution in [2.24, 2.45) is 0 Å². The standard InChI is InChI=1S/C9H14N2S/c1-2-11-6-3-4-8(11)9-10-5-7-12-9/h5,7-8H,2-4,6H2,1H3. The van der Waals surface area contributed by atoms with Crippen molar-refractivity contribution in [2.75, 3.05) is 13.1 Å². The summed E-state index contributed by atoms with van der Waals surface area (Å²) >= 11 is 1.79. The minimum Gasteiger partial charge on any atom is -0.294 e. The predicted molar refractivity (Wildman–Crippen MR) is 51.3 cm³/mol. The molecule has 1 aliphatic heterocycles. The zero-order valence-corrected chi connectivity index (χ0v) is 8.18. The highest BCUT2D eigenvalue weighted by atomic mass is 32.1. The number of nitrogens with zero attached hydrogens (tertiary/aromatic N) is 2. The molecule has 1 unspecified atom stereocenters. The van der Waals surface area contributed by atoms with Crippen molar-refractivity contribution in [1.29, 1.82) is 0 Å². The predicted octanol–water partition coefficient (Wildman–Crippen LogP) is 2.30. The number of aromatic nitrogens is 1. The topological polar surface area (TPSA) is 16.1 Å². The largest absolute Gasteiger partial charge is 0.294 e. The molecule has 0 aromatic carbocycles. The van der Waals surface area contributed by atoms with Crippen molar-refractivity contribution in [2.45, 2.75) is 25.8 Å². The van der Waals surface area contributed by atoms with E-state index in [1.54, 1.807) is 11.3 Å². The average molecular weight is 182 g/mol. The molecule has 2 heterocycles. The maximum Gasteiger partial charge on any atom is 0.110 e. The van der Waals surface area contributed by atoms with Gasteiger partial charge in [-0.2, -0.15) is 0 Å². The third kappa shape index (κ3) is 1.39. The van der Waals surface area contributed by atoms with Crippen LogP contribution in [0.1, 0.15) is 30.8 Å². The van der Waals surface area contributed by atoms with Crippen LogP contribution in [0.25, 0.3) is 0 Å². The van der Waals surface area contributed by atoms with E-state index in [2.05, 4.69) is 22.2 Å². The highest BCUT2D eigenvalue weighted by Crippen LogP contribution is 2.32. The van der Waals surface area contributed by atoms with E-state index in [0.29, 0.717) is 6.04 Å². The van der Waals surface area contributed by atoms with E-state index in [9.17, 15) is 0 Å². The Morgan fingerprint density at radius 1 is 1.75 bits per heavy atom. The van der Waals surface area contributed by atoms with E-state index in [1.807, 2.05) is 6.20 Å². The third-order valence-electron chi connectivity index (χ3n) is 2.51. The van der Waals surface area contributed by atoms with Crippen LogP contribution in [-0.2, 0) is 0 Å². The first-order chi connectivity index (χ1) is 5.92. The van der Waals surface area contributed by atoms with E-state index in [4.69, 9.17) is 0 Å². The Bertz CT molecular complexity index is 233. The summed E-state index contributed by atoms with van der Waals surface area (Å²) in [7, 11) is 0. The maximum atomic E-state index is 4.37. The molecule has 1 atom stereocenters. The van der Waals surface area contributed by atoms with Gasteiger partial charge in [0, 0.05) is 11.6 Å². The van der Waals surface area contributed by atoms with E-state index in [1.165, 1.54) is 24.4 Å². The van der Waals surface area contributed by atoms with Crippen molar-refractivity contribution in [3.8, 4) is 0 Å². The van der Waals surface area contributed by atoms with Crippen LogP contribution in [-0.4, -0.2) is 23.0 Å². The summed E-state index contributed by atoms with van der Waals surface area (Å²) in [4.78, 5) is 6.89. The average Bonchev–Trinajstić information content (AvgIpc) is 2.74. The molecule has 0 aliphatic carbocycles. The van der Waals surface area contributed by atoms with Crippen LogP contribution >= 0.6 is 11.3 Å². The second-order valence-electron chi connectivity index (χ2n) is 3.16. The van der Waals surface area contributed by atoms with E-state index >= 15 is 0 Å². The van der Waals surface area contributed by atoms with E-state index in [-0.39, 0.29) is 0 Å². The van der Waals surface area contributed by atoms with Crippen LogP contribution in [0.5, 0.6) is 0 Å². The van der Waals surface area contributed by atoms with Crippen LogP contribution in [0.3, 0.4) is 0 Å². The minimum absolute atomic E-state index is 0.620. The summed E-state index contributed by atoms with van der Waals surface area (Å²) in [5.41, 5.74) is 0. The van der Waals surface area contributed by atoms with Gasteiger partial charge in [0.1, 0.15) is 5.01 Å². The zero-order valence-electron chi connectivity index (χ0n) is 7.36. The van der Waals surface area contributed by atoms with Gasteiger partial charge in [-0.3, -0.25) is 4.90 Å². The molecule has 12 heavy (non-hydrogen) atoms. The molecule has 0 amide bonds. The molecule has 1 aromatic heterocycles. The molecule has 0 N–H and O–H groups in total. The lowest BCUT2D eigenvalue weighted by molar-refractivity contribution is 0.271. The van der Waals surface area contributed by atoms with Gasteiger partial charge in [-0.05, 0) is 25.9 Å². The summed E-state index contributed by atoms with van der Waals surface area (Å²) in [5, 5.41) is 3.37. The number of rotatable bonds is 2. The zero-order chi connectivity index (χ0) is 8.39. The normalized spacial score (nSPS) is 24.9. The first-order valence-corrected chi connectivity index (χ1v) is 5.43. The minimum atomic E-state index is 0.620. The van der Waals surface area contributed by atoms with Gasteiger partial charge >= 0.3 is 0 Å². The smallest absolute Gasteiger partial charge is 0.110 e. The molecular weight excluding hydrogens is 168 g/mol. The van der Waals surface area contributed by atoms with Crippen molar-refractivity contribution in [1.82, 2.24) is 9.88 Å². The lowest BCUT2D eigenvalue weighted by Gasteiger charge is -2.20. The molecule has 66 valence electrons. The van der Waals surface area contributed by atoms with Gasteiger partial charge in [0.2, 0.25) is 0 Å². The number of likely N-dealkylation sites (tertiary alicyclic amines) is 1. The molecule has 1 aliphatic rings. The Balaban J connectivity index is 2.13. The monoisotopic (exact) mass is 182 g/mol. The van der Waals surface area contributed by atoms with Crippen molar-refractivity contribution in [3.05, 3.63) is 16.6 Å². The Hall–Kier alpha value is -0.410. The van der Waals surface area contributed by atoms with Crippen LogP contribution in [0, 0.1) is 0 Å². The van der Waals surface area contributed by atoms with E-state index < -0.39 is 0 Å². The van der Waals surface area contributed by atoms with Crippen molar-refractivity contribution < 1.29 is 0 Å². The molecule has 1 saturated heterocycles.